The number of cyclic esters (lactones) is 1. The summed E-state index contributed by atoms with van der Waals surface area (Å²) in [5, 5.41) is 17.9. The first-order valence-electron chi connectivity index (χ1n) is 17.8. The highest BCUT2D eigenvalue weighted by atomic mass is 16.5. The number of nitrogens with one attached hydrogen (secondary N) is 2. The molecule has 9 nitrogen and oxygen atoms in total. The largest absolute Gasteiger partial charge is 0.463 e. The number of benzene rings is 4. The second-order valence-corrected chi connectivity index (χ2v) is 13.5. The molecule has 4 atom stereocenters. The Morgan fingerprint density at radius 3 is 2.41 bits per heavy atom. The van der Waals surface area contributed by atoms with Crippen LogP contribution in [0.1, 0.15) is 48.8 Å². The van der Waals surface area contributed by atoms with E-state index in [9.17, 15) is 24.3 Å². The summed E-state index contributed by atoms with van der Waals surface area (Å²) in [6.45, 7) is -0.201. The molecule has 6 rings (SSSR count). The molecule has 0 radical (unpaired) electrons. The van der Waals surface area contributed by atoms with E-state index in [1.165, 1.54) is 0 Å². The molecule has 0 saturated carbocycles. The number of nitrogens with zero attached hydrogens (tertiary/aromatic N) is 1. The van der Waals surface area contributed by atoms with Crippen molar-refractivity contribution in [3.63, 3.8) is 0 Å². The molecule has 0 bridgehead atoms. The molecule has 3 N–H and O–H groups in total. The summed E-state index contributed by atoms with van der Waals surface area (Å²) in [7, 11) is 0. The quantitative estimate of drug-likeness (QED) is 0.168. The molecule has 0 fully saturated rings. The maximum Gasteiger partial charge on any atom is 0.309 e. The maximum atomic E-state index is 14.0. The Labute approximate surface area is 298 Å². The number of amides is 3. The van der Waals surface area contributed by atoms with Crippen molar-refractivity contribution in [3.8, 4) is 0 Å². The molecule has 9 heteroatoms. The zero-order valence-electron chi connectivity index (χ0n) is 28.7. The van der Waals surface area contributed by atoms with Crippen LogP contribution in [0.25, 0.3) is 10.8 Å². The van der Waals surface area contributed by atoms with Gasteiger partial charge in [0.1, 0.15) is 12.6 Å². The van der Waals surface area contributed by atoms with Crippen molar-refractivity contribution in [2.45, 2.75) is 63.6 Å². The highest BCUT2D eigenvalue weighted by molar-refractivity contribution is 6.00. The molecule has 4 aromatic carbocycles. The predicted molar refractivity (Wildman–Crippen MR) is 196 cm³/mol. The summed E-state index contributed by atoms with van der Waals surface area (Å²) in [4.78, 5) is 56.8. The number of allylic oxidation sites excluding steroid dienone is 2. The van der Waals surface area contributed by atoms with Crippen molar-refractivity contribution in [2.24, 2.45) is 11.8 Å². The van der Waals surface area contributed by atoms with Crippen molar-refractivity contribution < 1.29 is 29.0 Å². The summed E-state index contributed by atoms with van der Waals surface area (Å²) >= 11 is 0. The molecule has 0 spiro atoms. The normalized spacial score (nSPS) is 21.5. The van der Waals surface area contributed by atoms with E-state index >= 15 is 0 Å². The van der Waals surface area contributed by atoms with Crippen LogP contribution in [-0.2, 0) is 43.3 Å². The lowest BCUT2D eigenvalue weighted by Crippen LogP contribution is -2.51. The molecular formula is C42H45N3O6. The van der Waals surface area contributed by atoms with Gasteiger partial charge in [0.2, 0.25) is 11.8 Å². The lowest BCUT2D eigenvalue weighted by atomic mass is 9.92. The Hall–Kier alpha value is -5.28. The Morgan fingerprint density at radius 2 is 1.61 bits per heavy atom. The third-order valence-electron chi connectivity index (χ3n) is 9.89. The number of carbonyl (C=O) groups excluding carboxylic acids is 4. The first-order valence-corrected chi connectivity index (χ1v) is 17.8. The van der Waals surface area contributed by atoms with Crippen molar-refractivity contribution in [1.29, 1.82) is 0 Å². The first-order chi connectivity index (χ1) is 24.9. The number of anilines is 1. The maximum absolute atomic E-state index is 14.0. The van der Waals surface area contributed by atoms with Gasteiger partial charge in [-0.3, -0.25) is 19.2 Å². The van der Waals surface area contributed by atoms with Gasteiger partial charge in [-0.2, -0.15) is 0 Å². The molecule has 2 aliphatic rings. The highest BCUT2D eigenvalue weighted by Crippen LogP contribution is 2.26. The summed E-state index contributed by atoms with van der Waals surface area (Å²) in [5.74, 6) is -2.89. The van der Waals surface area contributed by atoms with Crippen LogP contribution in [-0.4, -0.2) is 59.0 Å². The van der Waals surface area contributed by atoms with Gasteiger partial charge in [-0.25, -0.2) is 0 Å². The van der Waals surface area contributed by atoms with Crippen LogP contribution in [0.4, 0.5) is 5.69 Å². The number of carbonyl (C=O) groups is 4. The number of esters is 1. The van der Waals surface area contributed by atoms with Crippen LogP contribution in [0.15, 0.2) is 109 Å². The molecule has 0 aromatic heterocycles. The van der Waals surface area contributed by atoms with Gasteiger partial charge in [0.25, 0.3) is 5.91 Å². The molecule has 3 amide bonds. The Morgan fingerprint density at radius 1 is 0.863 bits per heavy atom. The molecule has 4 unspecified atom stereocenters. The van der Waals surface area contributed by atoms with Crippen LogP contribution in [0, 0.1) is 11.8 Å². The standard InChI is InChI=1S/C42H45N3O6/c46-27-37-24-32-16-10-11-19-35(32)26-45(37)39(47)25-33-17-6-1-2-7-18-34(22-29-12-4-3-5-13-29)42(50)51-28-38(44-40(33)48)41(49)43-36-21-20-30-14-8-9-15-31(30)23-36/h1,3-6,8-16,19-21,23,33-34,37-38,46H,2,7,17-18,22,24-28H2,(H,43,49)(H,44,48). The van der Waals surface area contributed by atoms with E-state index in [2.05, 4.69) is 10.6 Å². The Kier molecular flexibility index (Phi) is 11.9. The van der Waals surface area contributed by atoms with Crippen molar-refractivity contribution in [3.05, 3.63) is 126 Å². The number of ether oxygens (including phenoxy) is 1. The zero-order chi connectivity index (χ0) is 35.6. The molecule has 264 valence electrons. The number of fused-ring (bicyclic) bond motifs is 2. The Balaban J connectivity index is 1.22. The molecule has 51 heavy (non-hydrogen) atoms. The van der Waals surface area contributed by atoms with Crippen molar-refractivity contribution >= 4 is 40.2 Å². The lowest BCUT2D eigenvalue weighted by molar-refractivity contribution is -0.151. The van der Waals surface area contributed by atoms with E-state index in [-0.39, 0.29) is 32.0 Å². The van der Waals surface area contributed by atoms with E-state index in [4.69, 9.17) is 4.74 Å². The zero-order valence-corrected chi connectivity index (χ0v) is 28.7. The summed E-state index contributed by atoms with van der Waals surface area (Å²) in [6, 6.07) is 29.3. The van der Waals surface area contributed by atoms with E-state index < -0.39 is 41.7 Å². The van der Waals surface area contributed by atoms with Gasteiger partial charge >= 0.3 is 5.97 Å². The molecule has 2 heterocycles. The SMILES string of the molecule is O=C1NC(C(=O)Nc2ccc3ccccc3c2)COC(=O)C(Cc2ccccc2)CCCC=CCC1CC(=O)N1Cc2ccccc2CC1CO. The van der Waals surface area contributed by atoms with Gasteiger partial charge in [0.05, 0.1) is 24.5 Å². The number of hydrogen-bond acceptors (Lipinski definition) is 6. The fraction of sp³-hybridized carbons (Fsp3) is 0.333. The van der Waals surface area contributed by atoms with Gasteiger partial charge in [0.15, 0.2) is 0 Å². The summed E-state index contributed by atoms with van der Waals surface area (Å²) in [6.07, 6.45) is 7.14. The Bertz CT molecular complexity index is 1870. The minimum atomic E-state index is -1.21. The second kappa shape index (κ2) is 17.1. The van der Waals surface area contributed by atoms with Gasteiger partial charge in [-0.1, -0.05) is 97.1 Å². The van der Waals surface area contributed by atoms with E-state index in [1.807, 2.05) is 103 Å². The predicted octanol–water partition coefficient (Wildman–Crippen LogP) is 5.75. The van der Waals surface area contributed by atoms with E-state index in [1.54, 1.807) is 11.0 Å². The highest BCUT2D eigenvalue weighted by Gasteiger charge is 2.34. The van der Waals surface area contributed by atoms with Gasteiger partial charge < -0.3 is 25.4 Å². The van der Waals surface area contributed by atoms with Crippen LogP contribution in [0.2, 0.25) is 0 Å². The van der Waals surface area contributed by atoms with Gasteiger partial charge in [-0.15, -0.1) is 0 Å². The van der Waals surface area contributed by atoms with E-state index in [0.29, 0.717) is 37.9 Å². The molecule has 2 aliphatic heterocycles. The summed E-state index contributed by atoms with van der Waals surface area (Å²) in [5.41, 5.74) is 3.67. The average molecular weight is 688 g/mol. The molecule has 0 aliphatic carbocycles. The third kappa shape index (κ3) is 9.29. The summed E-state index contributed by atoms with van der Waals surface area (Å²) < 4.78 is 5.80. The van der Waals surface area contributed by atoms with Gasteiger partial charge in [-0.05, 0) is 78.1 Å². The van der Waals surface area contributed by atoms with Crippen molar-refractivity contribution in [2.75, 3.05) is 18.5 Å². The lowest BCUT2D eigenvalue weighted by Gasteiger charge is -2.36. The van der Waals surface area contributed by atoms with Crippen LogP contribution >= 0.6 is 0 Å². The third-order valence-corrected chi connectivity index (χ3v) is 9.89. The molecular weight excluding hydrogens is 642 g/mol. The molecule has 4 aromatic rings. The minimum absolute atomic E-state index is 0.104. The van der Waals surface area contributed by atoms with Crippen molar-refractivity contribution in [1.82, 2.24) is 10.2 Å². The number of hydrogen-bond donors (Lipinski definition) is 3. The van der Waals surface area contributed by atoms with Crippen LogP contribution < -0.4 is 10.6 Å². The topological polar surface area (TPSA) is 125 Å². The van der Waals surface area contributed by atoms with E-state index in [0.717, 1.165) is 33.9 Å². The monoisotopic (exact) mass is 687 g/mol. The first kappa shape index (κ1) is 35.5. The second-order valence-electron chi connectivity index (χ2n) is 13.5. The number of aliphatic hydroxyl groups is 1. The van der Waals surface area contributed by atoms with Gasteiger partial charge in [0, 0.05) is 18.7 Å². The molecule has 0 saturated heterocycles. The van der Waals surface area contributed by atoms with Crippen LogP contribution in [0.3, 0.4) is 0 Å². The minimum Gasteiger partial charge on any atom is -0.463 e. The number of aliphatic hydroxyl groups excluding tert-OH is 1. The smallest absolute Gasteiger partial charge is 0.309 e. The number of rotatable bonds is 7. The average Bonchev–Trinajstić information content (AvgIpc) is 3.15. The fourth-order valence-electron chi connectivity index (χ4n) is 6.97. The fourth-order valence-corrected chi connectivity index (χ4v) is 6.97. The van der Waals surface area contributed by atoms with Crippen LogP contribution in [0.5, 0.6) is 0 Å².